The molecule has 3 saturated carbocycles. The van der Waals surface area contributed by atoms with Gasteiger partial charge in [-0.25, -0.2) is 0 Å². The minimum atomic E-state index is 0.314. The highest BCUT2D eigenvalue weighted by Crippen LogP contribution is 2.67. The largest absolute Gasteiger partial charge is 0.295 e. The van der Waals surface area contributed by atoms with Crippen LogP contribution in [0.1, 0.15) is 92.9 Å². The van der Waals surface area contributed by atoms with Crippen LogP contribution in [0.2, 0.25) is 0 Å². The van der Waals surface area contributed by atoms with Crippen molar-refractivity contribution < 1.29 is 4.79 Å². The van der Waals surface area contributed by atoms with Crippen molar-refractivity contribution in [3.05, 3.63) is 23.8 Å². The van der Waals surface area contributed by atoms with Crippen molar-refractivity contribution in [2.24, 2.45) is 52.3 Å². The molecule has 8 atom stereocenters. The fourth-order valence-electron chi connectivity index (χ4n) is 8.17. The number of allylic oxidation sites excluding steroid dienone is 3. The van der Waals surface area contributed by atoms with E-state index in [9.17, 15) is 4.79 Å². The molecule has 3 fully saturated rings. The summed E-state index contributed by atoms with van der Waals surface area (Å²) in [6.45, 7) is 14.7. The monoisotopic (exact) mass is 396 g/mol. The molecule has 0 unspecified atom stereocenters. The molecule has 0 radical (unpaired) electrons. The SMILES string of the molecule is CC(C)[C@@H](C)/C=C/[C@@H](C)[C@@H]1CC[C@@H]2[C@H]3CCC4=CC(=O)CC[C@]4(C)[C@@H]3CC[C@]21C. The van der Waals surface area contributed by atoms with Gasteiger partial charge >= 0.3 is 0 Å². The van der Waals surface area contributed by atoms with Gasteiger partial charge in [-0.2, -0.15) is 0 Å². The maximum atomic E-state index is 12.0. The molecule has 4 aliphatic rings. The van der Waals surface area contributed by atoms with Crippen LogP contribution in [0.25, 0.3) is 0 Å². The van der Waals surface area contributed by atoms with Gasteiger partial charge in [0.05, 0.1) is 0 Å². The van der Waals surface area contributed by atoms with E-state index in [1.165, 1.54) is 44.1 Å². The summed E-state index contributed by atoms with van der Waals surface area (Å²) in [5.41, 5.74) is 2.34. The molecule has 1 nitrogen and oxygen atoms in total. The Morgan fingerprint density at radius 2 is 1.69 bits per heavy atom. The zero-order valence-corrected chi connectivity index (χ0v) is 19.8. The van der Waals surface area contributed by atoms with Gasteiger partial charge in [-0.15, -0.1) is 0 Å². The Kier molecular flexibility index (Phi) is 5.67. The number of fused-ring (bicyclic) bond motifs is 5. The Morgan fingerprint density at radius 3 is 2.41 bits per heavy atom. The van der Waals surface area contributed by atoms with Crippen LogP contribution in [-0.2, 0) is 4.79 Å². The zero-order valence-electron chi connectivity index (χ0n) is 19.8. The molecule has 0 N–H and O–H groups in total. The number of ketones is 1. The van der Waals surface area contributed by atoms with Crippen molar-refractivity contribution >= 4 is 5.78 Å². The molecule has 0 aliphatic heterocycles. The van der Waals surface area contributed by atoms with Gasteiger partial charge in [0.2, 0.25) is 0 Å². The third kappa shape index (κ3) is 3.49. The highest BCUT2D eigenvalue weighted by Gasteiger charge is 2.59. The lowest BCUT2D eigenvalue weighted by Crippen LogP contribution is -2.50. The van der Waals surface area contributed by atoms with E-state index in [4.69, 9.17) is 0 Å². The van der Waals surface area contributed by atoms with E-state index in [2.05, 4.69) is 53.7 Å². The summed E-state index contributed by atoms with van der Waals surface area (Å²) in [7, 11) is 0. The number of hydrogen-bond acceptors (Lipinski definition) is 1. The molecule has 0 saturated heterocycles. The van der Waals surface area contributed by atoms with Crippen LogP contribution in [0.3, 0.4) is 0 Å². The van der Waals surface area contributed by atoms with E-state index in [-0.39, 0.29) is 0 Å². The highest BCUT2D eigenvalue weighted by molar-refractivity contribution is 5.91. The topological polar surface area (TPSA) is 17.1 Å². The van der Waals surface area contributed by atoms with Gasteiger partial charge in [0.1, 0.15) is 0 Å². The van der Waals surface area contributed by atoms with Crippen molar-refractivity contribution in [2.45, 2.75) is 92.9 Å². The fraction of sp³-hybridized carbons (Fsp3) is 0.821. The average Bonchev–Trinajstić information content (AvgIpc) is 3.03. The van der Waals surface area contributed by atoms with Crippen LogP contribution in [0, 0.1) is 52.3 Å². The fourth-order valence-corrected chi connectivity index (χ4v) is 8.17. The molecule has 0 heterocycles. The smallest absolute Gasteiger partial charge is 0.155 e. The lowest BCUT2D eigenvalue weighted by atomic mass is 9.46. The van der Waals surface area contributed by atoms with Crippen LogP contribution < -0.4 is 0 Å². The standard InChI is InChI=1S/C28H44O/c1-18(2)19(3)7-8-20(4)24-11-12-25-23-10-9-21-17-22(29)13-15-27(21,5)26(23)14-16-28(24,25)6/h7-8,17-20,23-26H,9-16H2,1-6H3/b8-7+/t19-,20+,23+,24-,25+,26+,27-,28-/m0/s1. The maximum absolute atomic E-state index is 12.0. The van der Waals surface area contributed by atoms with E-state index >= 15 is 0 Å². The predicted molar refractivity (Wildman–Crippen MR) is 123 cm³/mol. The molecule has 1 heteroatoms. The number of carbonyl (C=O) groups excluding carboxylic acids is 1. The van der Waals surface area contributed by atoms with Gasteiger partial charge in [-0.1, -0.05) is 59.3 Å². The lowest BCUT2D eigenvalue weighted by molar-refractivity contribution is -0.117. The highest BCUT2D eigenvalue weighted by atomic mass is 16.1. The molecular weight excluding hydrogens is 352 g/mol. The van der Waals surface area contributed by atoms with Crippen LogP contribution >= 0.6 is 0 Å². The molecule has 29 heavy (non-hydrogen) atoms. The number of rotatable bonds is 4. The molecular formula is C28H44O. The van der Waals surface area contributed by atoms with Gasteiger partial charge < -0.3 is 0 Å². The summed E-state index contributed by atoms with van der Waals surface area (Å²) >= 11 is 0. The Labute approximate surface area is 179 Å². The Balaban J connectivity index is 1.53. The lowest BCUT2D eigenvalue weighted by Gasteiger charge is -2.58. The second kappa shape index (κ2) is 7.69. The van der Waals surface area contributed by atoms with Crippen LogP contribution in [-0.4, -0.2) is 5.78 Å². The summed E-state index contributed by atoms with van der Waals surface area (Å²) in [6.07, 6.45) is 17.2. The molecule has 0 aromatic rings. The van der Waals surface area contributed by atoms with Crippen LogP contribution in [0.15, 0.2) is 23.8 Å². The Bertz CT molecular complexity index is 699. The first-order valence-electron chi connectivity index (χ1n) is 12.6. The third-order valence-corrected chi connectivity index (χ3v) is 10.4. The molecule has 0 aromatic heterocycles. The van der Waals surface area contributed by atoms with E-state index in [1.54, 1.807) is 0 Å². The average molecular weight is 397 g/mol. The predicted octanol–water partition coefficient (Wildman–Crippen LogP) is 7.62. The second-order valence-electron chi connectivity index (χ2n) is 12.0. The third-order valence-electron chi connectivity index (χ3n) is 10.4. The molecule has 0 aromatic carbocycles. The second-order valence-corrected chi connectivity index (χ2v) is 12.0. The van der Waals surface area contributed by atoms with Crippen molar-refractivity contribution in [3.8, 4) is 0 Å². The van der Waals surface area contributed by atoms with Crippen LogP contribution in [0.5, 0.6) is 0 Å². The minimum Gasteiger partial charge on any atom is -0.295 e. The molecule has 0 spiro atoms. The number of hydrogen-bond donors (Lipinski definition) is 0. The Hall–Kier alpha value is -0.850. The van der Waals surface area contributed by atoms with E-state index in [0.717, 1.165) is 42.4 Å². The van der Waals surface area contributed by atoms with Gasteiger partial charge in [0.25, 0.3) is 0 Å². The first kappa shape index (κ1) is 21.4. The number of carbonyl (C=O) groups is 1. The van der Waals surface area contributed by atoms with Gasteiger partial charge in [0, 0.05) is 6.42 Å². The molecule has 162 valence electrons. The van der Waals surface area contributed by atoms with Gasteiger partial charge in [-0.3, -0.25) is 4.79 Å². The van der Waals surface area contributed by atoms with Crippen molar-refractivity contribution in [1.82, 2.24) is 0 Å². The molecule has 4 rings (SSSR count). The first-order chi connectivity index (χ1) is 13.7. The normalized spacial score (nSPS) is 44.2. The zero-order chi connectivity index (χ0) is 21.0. The quantitative estimate of drug-likeness (QED) is 0.447. The molecule has 4 aliphatic carbocycles. The first-order valence-corrected chi connectivity index (χ1v) is 12.6. The van der Waals surface area contributed by atoms with E-state index in [0.29, 0.717) is 28.4 Å². The summed E-state index contributed by atoms with van der Waals surface area (Å²) in [5.74, 6) is 5.95. The summed E-state index contributed by atoms with van der Waals surface area (Å²) in [4.78, 5) is 12.0. The van der Waals surface area contributed by atoms with Crippen molar-refractivity contribution in [1.29, 1.82) is 0 Å². The molecule has 0 bridgehead atoms. The summed E-state index contributed by atoms with van der Waals surface area (Å²) in [6, 6.07) is 0. The minimum absolute atomic E-state index is 0.314. The summed E-state index contributed by atoms with van der Waals surface area (Å²) in [5, 5.41) is 0. The maximum Gasteiger partial charge on any atom is 0.155 e. The van der Waals surface area contributed by atoms with Crippen molar-refractivity contribution in [3.63, 3.8) is 0 Å². The van der Waals surface area contributed by atoms with E-state index in [1.807, 2.05) is 6.08 Å². The van der Waals surface area contributed by atoms with Crippen molar-refractivity contribution in [2.75, 3.05) is 0 Å². The van der Waals surface area contributed by atoms with Gasteiger partial charge in [-0.05, 0) is 103 Å². The Morgan fingerprint density at radius 1 is 0.931 bits per heavy atom. The van der Waals surface area contributed by atoms with E-state index < -0.39 is 0 Å². The van der Waals surface area contributed by atoms with Crippen LogP contribution in [0.4, 0.5) is 0 Å². The summed E-state index contributed by atoms with van der Waals surface area (Å²) < 4.78 is 0. The van der Waals surface area contributed by atoms with Gasteiger partial charge in [0.15, 0.2) is 5.78 Å². The molecule has 0 amide bonds.